The molecule has 3 aromatic carbocycles. The zero-order chi connectivity index (χ0) is 16.4. The molecule has 2 heteroatoms. The maximum atomic E-state index is 5.27. The summed E-state index contributed by atoms with van der Waals surface area (Å²) in [7, 11) is 1.69. The molecule has 0 aliphatic rings. The van der Waals surface area contributed by atoms with Crippen molar-refractivity contribution in [1.29, 1.82) is 0 Å². The normalized spacial score (nSPS) is 11.4. The lowest BCUT2D eigenvalue weighted by atomic mass is 10.1. The van der Waals surface area contributed by atoms with Crippen LogP contribution in [0.4, 0.5) is 0 Å². The molecule has 1 N–H and O–H groups in total. The van der Waals surface area contributed by atoms with Crippen molar-refractivity contribution in [3.63, 3.8) is 0 Å². The second-order valence-electron chi connectivity index (χ2n) is 5.81. The molecule has 0 fully saturated rings. The summed E-state index contributed by atoms with van der Waals surface area (Å²) in [5.41, 5.74) is 3.41. The van der Waals surface area contributed by atoms with E-state index in [1.54, 1.807) is 7.11 Å². The molecule has 0 saturated heterocycles. The third-order valence-corrected chi connectivity index (χ3v) is 4.21. The third-order valence-electron chi connectivity index (χ3n) is 4.21. The van der Waals surface area contributed by atoms with Crippen LogP contribution in [0.5, 0.6) is 5.75 Å². The number of aromatic amines is 1. The van der Waals surface area contributed by atoms with Crippen LogP contribution in [0, 0.1) is 0 Å². The van der Waals surface area contributed by atoms with E-state index in [1.165, 1.54) is 21.7 Å². The van der Waals surface area contributed by atoms with E-state index in [0.29, 0.717) is 0 Å². The summed E-state index contributed by atoms with van der Waals surface area (Å²) in [6.45, 7) is 0. The zero-order valence-electron chi connectivity index (χ0n) is 13.5. The van der Waals surface area contributed by atoms with Gasteiger partial charge in [-0.3, -0.25) is 0 Å². The predicted molar refractivity (Wildman–Crippen MR) is 99.9 cm³/mol. The molecule has 0 amide bonds. The van der Waals surface area contributed by atoms with Crippen molar-refractivity contribution >= 4 is 33.8 Å². The minimum Gasteiger partial charge on any atom is -0.497 e. The van der Waals surface area contributed by atoms with Gasteiger partial charge >= 0.3 is 0 Å². The fourth-order valence-electron chi connectivity index (χ4n) is 2.89. The lowest BCUT2D eigenvalue weighted by Gasteiger charge is -2.03. The van der Waals surface area contributed by atoms with Gasteiger partial charge in [-0.15, -0.1) is 0 Å². The monoisotopic (exact) mass is 312 g/mol. The van der Waals surface area contributed by atoms with Crippen LogP contribution < -0.4 is 9.72 Å². The van der Waals surface area contributed by atoms with Gasteiger partial charge in [0.15, 0.2) is 0 Å². The van der Waals surface area contributed by atoms with Crippen LogP contribution in [0.2, 0.25) is 0 Å². The van der Waals surface area contributed by atoms with Gasteiger partial charge in [0.05, 0.1) is 7.11 Å². The van der Waals surface area contributed by atoms with E-state index in [2.05, 4.69) is 77.8 Å². The topological polar surface area (TPSA) is 23.4 Å². The van der Waals surface area contributed by atoms with Gasteiger partial charge in [-0.05, 0) is 52.7 Å². The van der Waals surface area contributed by atoms with E-state index in [0.717, 1.165) is 17.0 Å². The van der Waals surface area contributed by atoms with Crippen molar-refractivity contribution < 1.29 is 9.72 Å². The standard InChI is InChI=1S/C22H17NO/c1-24-21-13-10-18-14-16(6-8-19(18)15-21)7-11-20-12-9-17-4-2-3-5-22(17)23-20/h2-15H,1H3/p+1/b11-7+. The van der Waals surface area contributed by atoms with Crippen LogP contribution in [0.3, 0.4) is 0 Å². The van der Waals surface area contributed by atoms with Crippen LogP contribution >= 0.6 is 0 Å². The molecule has 0 aliphatic heterocycles. The van der Waals surface area contributed by atoms with E-state index < -0.39 is 0 Å². The summed E-state index contributed by atoms with van der Waals surface area (Å²) in [6, 6.07) is 25.1. The number of para-hydroxylation sites is 1. The summed E-state index contributed by atoms with van der Waals surface area (Å²) in [6.07, 6.45) is 4.24. The van der Waals surface area contributed by atoms with Crippen molar-refractivity contribution in [3.8, 4) is 5.75 Å². The predicted octanol–water partition coefficient (Wildman–Crippen LogP) is 4.99. The van der Waals surface area contributed by atoms with Crippen LogP contribution in [0.1, 0.15) is 11.3 Å². The van der Waals surface area contributed by atoms with Crippen LogP contribution in [0.25, 0.3) is 33.8 Å². The number of rotatable bonds is 3. The van der Waals surface area contributed by atoms with Gasteiger partial charge < -0.3 is 4.74 Å². The number of fused-ring (bicyclic) bond motifs is 2. The lowest BCUT2D eigenvalue weighted by Crippen LogP contribution is -2.07. The number of nitrogens with one attached hydrogen (secondary N) is 1. The molecule has 116 valence electrons. The molecule has 0 aliphatic carbocycles. The van der Waals surface area contributed by atoms with Crippen LogP contribution in [-0.2, 0) is 0 Å². The highest BCUT2D eigenvalue weighted by Crippen LogP contribution is 2.22. The molecule has 0 atom stereocenters. The molecule has 4 rings (SSSR count). The molecule has 0 radical (unpaired) electrons. The van der Waals surface area contributed by atoms with Gasteiger partial charge in [0, 0.05) is 23.6 Å². The minimum atomic E-state index is 0.886. The second-order valence-corrected chi connectivity index (χ2v) is 5.81. The molecule has 24 heavy (non-hydrogen) atoms. The van der Waals surface area contributed by atoms with Gasteiger partial charge in [0.25, 0.3) is 0 Å². The van der Waals surface area contributed by atoms with Gasteiger partial charge in [0.2, 0.25) is 11.2 Å². The Balaban J connectivity index is 1.65. The number of aromatic nitrogens is 1. The number of benzene rings is 3. The Kier molecular flexibility index (Phi) is 3.72. The van der Waals surface area contributed by atoms with E-state index in [-0.39, 0.29) is 0 Å². The molecule has 0 saturated carbocycles. The van der Waals surface area contributed by atoms with Crippen molar-refractivity contribution in [2.75, 3.05) is 7.11 Å². The number of methoxy groups -OCH3 is 1. The fourth-order valence-corrected chi connectivity index (χ4v) is 2.89. The Morgan fingerprint density at radius 2 is 1.54 bits per heavy atom. The van der Waals surface area contributed by atoms with Gasteiger partial charge in [-0.1, -0.05) is 30.3 Å². The molecule has 0 unspecified atom stereocenters. The Hall–Kier alpha value is -3.13. The number of ether oxygens (including phenoxy) is 1. The van der Waals surface area contributed by atoms with E-state index in [4.69, 9.17) is 4.74 Å². The van der Waals surface area contributed by atoms with Gasteiger partial charge in [-0.25, -0.2) is 4.98 Å². The van der Waals surface area contributed by atoms with Crippen molar-refractivity contribution in [3.05, 3.63) is 84.1 Å². The Labute approximate surface area is 141 Å². The first-order valence-corrected chi connectivity index (χ1v) is 7.99. The van der Waals surface area contributed by atoms with Crippen LogP contribution in [-0.4, -0.2) is 7.11 Å². The van der Waals surface area contributed by atoms with Crippen molar-refractivity contribution in [2.24, 2.45) is 0 Å². The maximum Gasteiger partial charge on any atom is 0.211 e. The average Bonchev–Trinajstić information content (AvgIpc) is 2.65. The van der Waals surface area contributed by atoms with Crippen LogP contribution in [0.15, 0.2) is 72.8 Å². The Morgan fingerprint density at radius 3 is 2.46 bits per heavy atom. The minimum absolute atomic E-state index is 0.886. The average molecular weight is 312 g/mol. The lowest BCUT2D eigenvalue weighted by molar-refractivity contribution is -0.347. The van der Waals surface area contributed by atoms with Crippen molar-refractivity contribution in [2.45, 2.75) is 0 Å². The molecule has 1 aromatic heterocycles. The van der Waals surface area contributed by atoms with Crippen molar-refractivity contribution in [1.82, 2.24) is 0 Å². The van der Waals surface area contributed by atoms with E-state index in [1.807, 2.05) is 12.1 Å². The molecular formula is C22H18NO+. The third kappa shape index (κ3) is 2.86. The van der Waals surface area contributed by atoms with E-state index in [9.17, 15) is 0 Å². The largest absolute Gasteiger partial charge is 0.497 e. The number of hydrogen-bond donors (Lipinski definition) is 0. The van der Waals surface area contributed by atoms with Gasteiger partial charge in [0.1, 0.15) is 5.75 Å². The quantitative estimate of drug-likeness (QED) is 0.523. The summed E-state index contributed by atoms with van der Waals surface area (Å²) >= 11 is 0. The number of pyridine rings is 1. The molecule has 2 nitrogen and oxygen atoms in total. The fraction of sp³-hybridized carbons (Fsp3) is 0.0455. The maximum absolute atomic E-state index is 5.27. The SMILES string of the molecule is COc1ccc2cc(/C=C/c3ccc4ccccc4[nH+]3)ccc2c1. The second kappa shape index (κ2) is 6.17. The summed E-state index contributed by atoms with van der Waals surface area (Å²) in [5.74, 6) is 0.886. The molecule has 0 bridgehead atoms. The molecule has 1 heterocycles. The summed E-state index contributed by atoms with van der Waals surface area (Å²) in [4.78, 5) is 3.45. The first-order chi connectivity index (χ1) is 11.8. The Morgan fingerprint density at radius 1 is 0.750 bits per heavy atom. The highest BCUT2D eigenvalue weighted by molar-refractivity contribution is 5.87. The smallest absolute Gasteiger partial charge is 0.211 e. The number of H-pyrrole nitrogens is 1. The van der Waals surface area contributed by atoms with E-state index >= 15 is 0 Å². The zero-order valence-corrected chi connectivity index (χ0v) is 13.5. The first-order valence-electron chi connectivity index (χ1n) is 7.99. The number of hydrogen-bond acceptors (Lipinski definition) is 1. The summed E-state index contributed by atoms with van der Waals surface area (Å²) < 4.78 is 5.27. The molecule has 0 spiro atoms. The highest BCUT2D eigenvalue weighted by atomic mass is 16.5. The highest BCUT2D eigenvalue weighted by Gasteiger charge is 2.02. The molecular weight excluding hydrogens is 294 g/mol. The first kappa shape index (κ1) is 14.5. The van der Waals surface area contributed by atoms with Gasteiger partial charge in [-0.2, -0.15) is 0 Å². The molecule has 4 aromatic rings. The Bertz CT molecular complexity index is 1050. The summed E-state index contributed by atoms with van der Waals surface area (Å²) in [5, 5.41) is 3.61.